The second-order valence-corrected chi connectivity index (χ2v) is 5.92. The third kappa shape index (κ3) is 9.19. The molecular weight excluding hydrogens is 459 g/mol. The molecule has 0 aliphatic carbocycles. The quantitative estimate of drug-likeness (QED) is 0.181. The van der Waals surface area contributed by atoms with Crippen molar-refractivity contribution in [3.05, 3.63) is 59.7 Å². The van der Waals surface area contributed by atoms with Crippen molar-refractivity contribution in [1.82, 2.24) is 5.43 Å². The number of carbonyl (C=O) groups excluding carboxylic acids is 2. The van der Waals surface area contributed by atoms with Crippen LogP contribution in [0.15, 0.2) is 63.8 Å². The highest BCUT2D eigenvalue weighted by Crippen LogP contribution is 2.13. The standard InChI is InChI=1S/C18H22N10O2.2ClH/c1-10(25-27-16(19)20)11-2-6-13(7-3-11)23-18(30)24-14-8-4-12(5-9-14)15(29)26-28-17(21)22;;/h2-9H,1H3,(H,26,29)(H4,19,20,27)(H4,21,22,28)(H2,23,24,30);2*1H/b25-10+;;. The molecule has 0 aliphatic heterocycles. The maximum atomic E-state index is 12.2. The molecule has 14 heteroatoms. The molecule has 2 rings (SSSR count). The predicted molar refractivity (Wildman–Crippen MR) is 131 cm³/mol. The number of urea groups is 1. The van der Waals surface area contributed by atoms with Gasteiger partial charge in [0.1, 0.15) is 0 Å². The number of carbonyl (C=O) groups is 2. The number of halogens is 2. The number of nitrogens with one attached hydrogen (secondary N) is 3. The molecule has 3 amide bonds. The van der Waals surface area contributed by atoms with Gasteiger partial charge in [0.15, 0.2) is 0 Å². The number of nitrogens with two attached hydrogens (primary N) is 4. The smallest absolute Gasteiger partial charge is 0.323 e. The van der Waals surface area contributed by atoms with Crippen molar-refractivity contribution in [2.24, 2.45) is 38.2 Å². The highest BCUT2D eigenvalue weighted by molar-refractivity contribution is 6.02. The molecule has 0 fully saturated rings. The van der Waals surface area contributed by atoms with Crippen molar-refractivity contribution < 1.29 is 9.59 Å². The highest BCUT2D eigenvalue weighted by Gasteiger charge is 2.07. The monoisotopic (exact) mass is 482 g/mol. The summed E-state index contributed by atoms with van der Waals surface area (Å²) in [7, 11) is 0. The van der Waals surface area contributed by atoms with Gasteiger partial charge >= 0.3 is 6.03 Å². The van der Waals surface area contributed by atoms with Gasteiger partial charge in [0, 0.05) is 16.9 Å². The SMILES string of the molecule is C/C(=N\N=C(N)N)c1ccc(NC(=O)Nc2ccc(C(=O)NN=C(N)N)cc2)cc1.Cl.Cl. The number of hydrogen-bond acceptors (Lipinski definition) is 5. The van der Waals surface area contributed by atoms with Gasteiger partial charge in [-0.05, 0) is 48.9 Å². The summed E-state index contributed by atoms with van der Waals surface area (Å²) in [6, 6.07) is 12.7. The van der Waals surface area contributed by atoms with E-state index in [0.717, 1.165) is 5.56 Å². The fourth-order valence-electron chi connectivity index (χ4n) is 2.16. The van der Waals surface area contributed by atoms with E-state index in [9.17, 15) is 9.59 Å². The lowest BCUT2D eigenvalue weighted by molar-refractivity contribution is 0.0954. The Morgan fingerprint density at radius 2 is 1.19 bits per heavy atom. The topological polar surface area (TPSA) is 211 Å². The van der Waals surface area contributed by atoms with Gasteiger partial charge in [0.05, 0.1) is 5.71 Å². The molecule has 0 aliphatic rings. The van der Waals surface area contributed by atoms with E-state index in [-0.39, 0.29) is 36.7 Å². The van der Waals surface area contributed by atoms with Crippen LogP contribution in [0.1, 0.15) is 22.8 Å². The van der Waals surface area contributed by atoms with Crippen molar-refractivity contribution in [2.75, 3.05) is 10.6 Å². The maximum absolute atomic E-state index is 12.2. The molecule has 0 heterocycles. The Morgan fingerprint density at radius 3 is 1.62 bits per heavy atom. The van der Waals surface area contributed by atoms with Gasteiger partial charge < -0.3 is 33.6 Å². The van der Waals surface area contributed by atoms with E-state index in [1.54, 1.807) is 43.3 Å². The van der Waals surface area contributed by atoms with E-state index in [4.69, 9.17) is 22.9 Å². The first-order chi connectivity index (χ1) is 14.2. The van der Waals surface area contributed by atoms with Crippen LogP contribution in [-0.2, 0) is 0 Å². The Hall–Kier alpha value is -4.03. The van der Waals surface area contributed by atoms with Crippen molar-refractivity contribution in [3.8, 4) is 0 Å². The molecule has 0 spiro atoms. The summed E-state index contributed by atoms with van der Waals surface area (Å²) in [5.41, 5.74) is 25.7. The normalized spacial score (nSPS) is 9.84. The Kier molecular flexibility index (Phi) is 11.6. The summed E-state index contributed by atoms with van der Waals surface area (Å²) in [6.07, 6.45) is 0. The van der Waals surface area contributed by atoms with Crippen LogP contribution < -0.4 is 39.0 Å². The van der Waals surface area contributed by atoms with Gasteiger partial charge in [-0.1, -0.05) is 12.1 Å². The predicted octanol–water partition coefficient (Wildman–Crippen LogP) is 1.09. The van der Waals surface area contributed by atoms with E-state index in [1.165, 1.54) is 12.1 Å². The first-order valence-electron chi connectivity index (χ1n) is 8.55. The van der Waals surface area contributed by atoms with Gasteiger partial charge in [-0.2, -0.15) is 5.10 Å². The Balaban J connectivity index is 0.00000480. The van der Waals surface area contributed by atoms with Crippen LogP contribution in [0.3, 0.4) is 0 Å². The van der Waals surface area contributed by atoms with E-state index >= 15 is 0 Å². The van der Waals surface area contributed by atoms with Crippen LogP contribution in [-0.4, -0.2) is 29.6 Å². The fourth-order valence-corrected chi connectivity index (χ4v) is 2.16. The number of benzene rings is 2. The lowest BCUT2D eigenvalue weighted by Gasteiger charge is -2.09. The molecule has 32 heavy (non-hydrogen) atoms. The maximum Gasteiger partial charge on any atom is 0.323 e. The number of hydrazone groups is 1. The zero-order chi connectivity index (χ0) is 22.1. The Bertz CT molecular complexity index is 997. The third-order valence-corrected chi connectivity index (χ3v) is 3.57. The molecule has 2 aromatic rings. The van der Waals surface area contributed by atoms with Crippen LogP contribution in [0.5, 0.6) is 0 Å². The Morgan fingerprint density at radius 1 is 0.719 bits per heavy atom. The van der Waals surface area contributed by atoms with E-state index in [2.05, 4.69) is 31.4 Å². The van der Waals surface area contributed by atoms with Crippen LogP contribution in [0, 0.1) is 0 Å². The largest absolute Gasteiger partial charge is 0.369 e. The molecule has 0 unspecified atom stereocenters. The highest BCUT2D eigenvalue weighted by atomic mass is 35.5. The van der Waals surface area contributed by atoms with E-state index in [1.807, 2.05) is 0 Å². The minimum absolute atomic E-state index is 0. The number of rotatable bonds is 6. The number of nitrogens with zero attached hydrogens (tertiary/aromatic N) is 3. The first kappa shape index (κ1) is 28.0. The third-order valence-electron chi connectivity index (χ3n) is 3.57. The number of hydrogen-bond donors (Lipinski definition) is 7. The molecule has 12 nitrogen and oxygen atoms in total. The lowest BCUT2D eigenvalue weighted by atomic mass is 10.1. The molecule has 0 bridgehead atoms. The summed E-state index contributed by atoms with van der Waals surface area (Å²) in [6.45, 7) is 1.75. The summed E-state index contributed by atoms with van der Waals surface area (Å²) in [4.78, 5) is 24.0. The molecule has 2 aromatic carbocycles. The van der Waals surface area contributed by atoms with Gasteiger partial charge in [0.25, 0.3) is 5.91 Å². The number of guanidine groups is 2. The summed E-state index contributed by atoms with van der Waals surface area (Å²) in [5.74, 6) is -0.882. The zero-order valence-corrected chi connectivity index (χ0v) is 18.5. The molecule has 0 saturated heterocycles. The molecule has 172 valence electrons. The Labute approximate surface area is 196 Å². The average Bonchev–Trinajstić information content (AvgIpc) is 2.71. The molecule has 0 atom stereocenters. The first-order valence-corrected chi connectivity index (χ1v) is 8.55. The minimum Gasteiger partial charge on any atom is -0.369 e. The van der Waals surface area contributed by atoms with E-state index < -0.39 is 11.9 Å². The zero-order valence-electron chi connectivity index (χ0n) is 16.9. The van der Waals surface area contributed by atoms with Gasteiger partial charge in [-0.3, -0.25) is 4.79 Å². The second-order valence-electron chi connectivity index (χ2n) is 5.92. The second kappa shape index (κ2) is 13.3. The molecular formula is C18H24Cl2N10O2. The van der Waals surface area contributed by atoms with Crippen molar-refractivity contribution >= 4 is 65.8 Å². The van der Waals surface area contributed by atoms with Gasteiger partial charge in [-0.25, -0.2) is 10.2 Å². The average molecular weight is 483 g/mol. The minimum atomic E-state index is -0.488. The number of anilines is 2. The van der Waals surface area contributed by atoms with E-state index in [0.29, 0.717) is 22.6 Å². The lowest BCUT2D eigenvalue weighted by Crippen LogP contribution is -2.29. The fraction of sp³-hybridized carbons (Fsp3) is 0.0556. The number of amides is 3. The molecule has 0 saturated carbocycles. The summed E-state index contributed by atoms with van der Waals surface area (Å²) < 4.78 is 0. The summed E-state index contributed by atoms with van der Waals surface area (Å²) in [5, 5.41) is 16.3. The summed E-state index contributed by atoms with van der Waals surface area (Å²) >= 11 is 0. The van der Waals surface area contributed by atoms with Crippen LogP contribution in [0.25, 0.3) is 0 Å². The van der Waals surface area contributed by atoms with Crippen molar-refractivity contribution in [3.63, 3.8) is 0 Å². The van der Waals surface area contributed by atoms with Crippen LogP contribution in [0.4, 0.5) is 16.2 Å². The molecule has 11 N–H and O–H groups in total. The van der Waals surface area contributed by atoms with Gasteiger partial charge in [-0.15, -0.1) is 35.0 Å². The van der Waals surface area contributed by atoms with Gasteiger partial charge in [0.2, 0.25) is 11.9 Å². The van der Waals surface area contributed by atoms with Crippen LogP contribution >= 0.6 is 24.8 Å². The van der Waals surface area contributed by atoms with Crippen molar-refractivity contribution in [1.29, 1.82) is 0 Å². The van der Waals surface area contributed by atoms with Crippen molar-refractivity contribution in [2.45, 2.75) is 6.92 Å². The van der Waals surface area contributed by atoms with Crippen LogP contribution in [0.2, 0.25) is 0 Å². The molecule has 0 radical (unpaired) electrons. The molecule has 0 aromatic heterocycles.